The van der Waals surface area contributed by atoms with Gasteiger partial charge in [-0.3, -0.25) is 0 Å². The number of hydrogen-bond donors (Lipinski definition) is 0. The fraction of sp³-hybridized carbons (Fsp3) is 0.333. The zero-order valence-corrected chi connectivity index (χ0v) is 13.1. The maximum Gasteiger partial charge on any atom is 0.161 e. The van der Waals surface area contributed by atoms with Crippen LogP contribution in [0.25, 0.3) is 0 Å². The van der Waals surface area contributed by atoms with Gasteiger partial charge >= 0.3 is 0 Å². The zero-order valence-electron chi connectivity index (χ0n) is 13.1. The van der Waals surface area contributed by atoms with E-state index in [1.54, 1.807) is 0 Å². The molecule has 4 nitrogen and oxygen atoms in total. The lowest BCUT2D eigenvalue weighted by Crippen LogP contribution is -2.10. The maximum atomic E-state index is 5.72. The summed E-state index contributed by atoms with van der Waals surface area (Å²) in [7, 11) is 0. The van der Waals surface area contributed by atoms with Crippen LogP contribution in [0.5, 0.6) is 23.0 Å². The predicted octanol–water partition coefficient (Wildman–Crippen LogP) is 3.94. The van der Waals surface area contributed by atoms with Gasteiger partial charge in [-0.2, -0.15) is 0 Å². The van der Waals surface area contributed by atoms with Crippen molar-refractivity contribution in [3.63, 3.8) is 0 Å². The Morgan fingerprint density at radius 3 is 1.18 bits per heavy atom. The van der Waals surface area contributed by atoms with Crippen LogP contribution in [0.15, 0.2) is 48.5 Å². The highest BCUT2D eigenvalue weighted by molar-refractivity contribution is 5.40. The van der Waals surface area contributed by atoms with Crippen LogP contribution in [0.1, 0.15) is 13.8 Å². The lowest BCUT2D eigenvalue weighted by atomic mass is 10.3. The van der Waals surface area contributed by atoms with E-state index >= 15 is 0 Å². The Labute approximate surface area is 131 Å². The van der Waals surface area contributed by atoms with Crippen LogP contribution in [0.3, 0.4) is 0 Å². The average molecular weight is 302 g/mol. The molecule has 0 saturated carbocycles. The van der Waals surface area contributed by atoms with E-state index in [1.807, 2.05) is 62.4 Å². The van der Waals surface area contributed by atoms with Crippen molar-refractivity contribution in [1.82, 2.24) is 0 Å². The molecule has 2 rings (SSSR count). The molecule has 0 atom stereocenters. The first-order valence-corrected chi connectivity index (χ1v) is 7.54. The molecule has 2 aromatic rings. The normalized spacial score (nSPS) is 10.1. The van der Waals surface area contributed by atoms with Gasteiger partial charge in [0.05, 0.1) is 13.2 Å². The van der Waals surface area contributed by atoms with Gasteiger partial charge in [0.15, 0.2) is 23.0 Å². The lowest BCUT2D eigenvalue weighted by Gasteiger charge is -2.13. The van der Waals surface area contributed by atoms with Crippen molar-refractivity contribution in [2.45, 2.75) is 13.8 Å². The predicted molar refractivity (Wildman–Crippen MR) is 86.2 cm³/mol. The molecule has 0 spiro atoms. The Hall–Kier alpha value is -2.36. The van der Waals surface area contributed by atoms with Gasteiger partial charge in [-0.05, 0) is 38.1 Å². The van der Waals surface area contributed by atoms with E-state index in [0.29, 0.717) is 26.4 Å². The van der Waals surface area contributed by atoms with Gasteiger partial charge in [-0.15, -0.1) is 0 Å². The minimum atomic E-state index is 0.435. The summed E-state index contributed by atoms with van der Waals surface area (Å²) in [5.74, 6) is 2.96. The Balaban J connectivity index is 1.85. The highest BCUT2D eigenvalue weighted by Gasteiger charge is 2.05. The topological polar surface area (TPSA) is 36.9 Å². The van der Waals surface area contributed by atoms with Gasteiger partial charge in [0.25, 0.3) is 0 Å². The second-order valence-electron chi connectivity index (χ2n) is 4.46. The summed E-state index contributed by atoms with van der Waals surface area (Å²) in [5, 5.41) is 0. The first-order valence-electron chi connectivity index (χ1n) is 7.54. The standard InChI is InChI=1S/C18H22O4/c1-3-19-15-9-5-7-11-17(15)21-13-14-22-18-12-8-6-10-16(18)20-4-2/h5-12H,3-4,13-14H2,1-2H3. The summed E-state index contributed by atoms with van der Waals surface area (Å²) < 4.78 is 22.5. The van der Waals surface area contributed by atoms with E-state index < -0.39 is 0 Å². The first kappa shape index (κ1) is 16.0. The van der Waals surface area contributed by atoms with E-state index in [9.17, 15) is 0 Å². The molecule has 0 bridgehead atoms. The van der Waals surface area contributed by atoms with Crippen LogP contribution < -0.4 is 18.9 Å². The van der Waals surface area contributed by atoms with E-state index in [4.69, 9.17) is 18.9 Å². The third kappa shape index (κ3) is 4.58. The van der Waals surface area contributed by atoms with Crippen molar-refractivity contribution >= 4 is 0 Å². The minimum Gasteiger partial charge on any atom is -0.490 e. The van der Waals surface area contributed by atoms with Crippen molar-refractivity contribution < 1.29 is 18.9 Å². The van der Waals surface area contributed by atoms with Crippen molar-refractivity contribution in [1.29, 1.82) is 0 Å². The third-order valence-corrected chi connectivity index (χ3v) is 2.90. The number of rotatable bonds is 9. The van der Waals surface area contributed by atoms with Gasteiger partial charge in [-0.25, -0.2) is 0 Å². The molecule has 4 heteroatoms. The molecule has 2 aromatic carbocycles. The molecule has 0 radical (unpaired) electrons. The second kappa shape index (κ2) is 8.82. The van der Waals surface area contributed by atoms with Crippen LogP contribution in [-0.4, -0.2) is 26.4 Å². The monoisotopic (exact) mass is 302 g/mol. The zero-order chi connectivity index (χ0) is 15.6. The Morgan fingerprint density at radius 2 is 0.864 bits per heavy atom. The van der Waals surface area contributed by atoms with Gasteiger partial charge in [0, 0.05) is 0 Å². The molecular formula is C18H22O4. The molecule has 0 N–H and O–H groups in total. The van der Waals surface area contributed by atoms with E-state index in [2.05, 4.69) is 0 Å². The highest BCUT2D eigenvalue weighted by Crippen LogP contribution is 2.27. The number of para-hydroxylation sites is 4. The summed E-state index contributed by atoms with van der Waals surface area (Å²) in [6.45, 7) is 5.99. The van der Waals surface area contributed by atoms with E-state index in [0.717, 1.165) is 23.0 Å². The molecule has 0 saturated heterocycles. The fourth-order valence-electron chi connectivity index (χ4n) is 1.99. The second-order valence-corrected chi connectivity index (χ2v) is 4.46. The van der Waals surface area contributed by atoms with Crippen LogP contribution in [0.4, 0.5) is 0 Å². The highest BCUT2D eigenvalue weighted by atomic mass is 16.6. The molecule has 0 aliphatic heterocycles. The van der Waals surface area contributed by atoms with Gasteiger partial charge in [0.2, 0.25) is 0 Å². The lowest BCUT2D eigenvalue weighted by molar-refractivity contribution is 0.201. The molecule has 0 aliphatic carbocycles. The summed E-state index contributed by atoms with van der Waals surface area (Å²) in [4.78, 5) is 0. The van der Waals surface area contributed by atoms with E-state index in [1.165, 1.54) is 0 Å². The Bertz CT molecular complexity index is 517. The molecular weight excluding hydrogens is 280 g/mol. The molecule has 0 aromatic heterocycles. The van der Waals surface area contributed by atoms with Crippen molar-refractivity contribution in [3.05, 3.63) is 48.5 Å². The molecule has 0 aliphatic rings. The molecule has 0 fully saturated rings. The van der Waals surface area contributed by atoms with Gasteiger partial charge < -0.3 is 18.9 Å². The summed E-state index contributed by atoms with van der Waals surface area (Å²) in [5.41, 5.74) is 0. The van der Waals surface area contributed by atoms with Crippen molar-refractivity contribution in [2.24, 2.45) is 0 Å². The number of hydrogen-bond acceptors (Lipinski definition) is 4. The van der Waals surface area contributed by atoms with Crippen LogP contribution in [-0.2, 0) is 0 Å². The smallest absolute Gasteiger partial charge is 0.161 e. The van der Waals surface area contributed by atoms with Gasteiger partial charge in [-0.1, -0.05) is 24.3 Å². The fourth-order valence-corrected chi connectivity index (χ4v) is 1.99. The van der Waals surface area contributed by atoms with Crippen molar-refractivity contribution in [3.8, 4) is 23.0 Å². The number of ether oxygens (including phenoxy) is 4. The molecule has 0 heterocycles. The van der Waals surface area contributed by atoms with Crippen LogP contribution >= 0.6 is 0 Å². The average Bonchev–Trinajstić information content (AvgIpc) is 2.55. The maximum absolute atomic E-state index is 5.72. The quantitative estimate of drug-likeness (QED) is 0.657. The summed E-state index contributed by atoms with van der Waals surface area (Å²) >= 11 is 0. The Morgan fingerprint density at radius 1 is 0.545 bits per heavy atom. The largest absolute Gasteiger partial charge is 0.490 e. The summed E-state index contributed by atoms with van der Waals surface area (Å²) in [6.07, 6.45) is 0. The molecule has 0 unspecified atom stereocenters. The van der Waals surface area contributed by atoms with Crippen LogP contribution in [0, 0.1) is 0 Å². The van der Waals surface area contributed by atoms with Gasteiger partial charge in [0.1, 0.15) is 13.2 Å². The van der Waals surface area contributed by atoms with Crippen molar-refractivity contribution in [2.75, 3.05) is 26.4 Å². The molecule has 22 heavy (non-hydrogen) atoms. The molecule has 0 amide bonds. The minimum absolute atomic E-state index is 0.435. The number of benzene rings is 2. The van der Waals surface area contributed by atoms with Crippen LogP contribution in [0.2, 0.25) is 0 Å². The molecule has 118 valence electrons. The Kier molecular flexibility index (Phi) is 6.42. The van der Waals surface area contributed by atoms with E-state index in [-0.39, 0.29) is 0 Å². The third-order valence-electron chi connectivity index (χ3n) is 2.90. The summed E-state index contributed by atoms with van der Waals surface area (Å²) in [6, 6.07) is 15.2. The first-order chi connectivity index (χ1) is 10.8. The SMILES string of the molecule is CCOc1ccccc1OCCOc1ccccc1OCC.